The molecule has 0 saturated carbocycles. The Morgan fingerprint density at radius 3 is 2.95 bits per heavy atom. The SMILES string of the molecule is COCCn1cc(NC(=O)N(C)C(C)c2ccc(C)s2)cn1. The van der Waals surface area contributed by atoms with Gasteiger partial charge < -0.3 is 15.0 Å². The molecule has 22 heavy (non-hydrogen) atoms. The third-order valence-corrected chi connectivity index (χ3v) is 4.65. The van der Waals surface area contributed by atoms with Gasteiger partial charge in [0, 0.05) is 30.1 Å². The van der Waals surface area contributed by atoms with E-state index in [1.807, 2.05) is 6.92 Å². The molecule has 0 aromatic carbocycles. The number of carbonyl (C=O) groups is 1. The molecule has 7 heteroatoms. The summed E-state index contributed by atoms with van der Waals surface area (Å²) in [6.45, 7) is 5.33. The van der Waals surface area contributed by atoms with Gasteiger partial charge in [-0.15, -0.1) is 11.3 Å². The van der Waals surface area contributed by atoms with Crippen molar-refractivity contribution in [2.45, 2.75) is 26.4 Å². The third-order valence-electron chi connectivity index (χ3n) is 3.48. The van der Waals surface area contributed by atoms with Crippen molar-refractivity contribution in [3.63, 3.8) is 0 Å². The number of aromatic nitrogens is 2. The van der Waals surface area contributed by atoms with Gasteiger partial charge in [-0.05, 0) is 26.0 Å². The average molecular weight is 322 g/mol. The first-order valence-electron chi connectivity index (χ1n) is 7.12. The van der Waals surface area contributed by atoms with Crippen molar-refractivity contribution in [3.8, 4) is 0 Å². The molecule has 0 aliphatic carbocycles. The number of anilines is 1. The van der Waals surface area contributed by atoms with E-state index in [-0.39, 0.29) is 12.1 Å². The minimum Gasteiger partial charge on any atom is -0.383 e. The van der Waals surface area contributed by atoms with Crippen molar-refractivity contribution in [1.82, 2.24) is 14.7 Å². The molecule has 0 aliphatic rings. The quantitative estimate of drug-likeness (QED) is 0.889. The van der Waals surface area contributed by atoms with Crippen LogP contribution in [-0.4, -0.2) is 41.5 Å². The number of rotatable bonds is 6. The monoisotopic (exact) mass is 322 g/mol. The Hall–Kier alpha value is -1.86. The van der Waals surface area contributed by atoms with E-state index >= 15 is 0 Å². The third kappa shape index (κ3) is 4.08. The number of ether oxygens (including phenoxy) is 1. The molecule has 1 N–H and O–H groups in total. The standard InChI is InChI=1S/C15H22N4O2S/c1-11-5-6-14(22-11)12(2)18(3)15(20)17-13-9-16-19(10-13)7-8-21-4/h5-6,9-10,12H,7-8H2,1-4H3,(H,17,20). The van der Waals surface area contributed by atoms with Crippen molar-refractivity contribution in [3.05, 3.63) is 34.3 Å². The number of hydrogen-bond donors (Lipinski definition) is 1. The molecule has 2 amide bonds. The summed E-state index contributed by atoms with van der Waals surface area (Å²) in [5, 5.41) is 7.04. The Labute approximate surface area is 134 Å². The largest absolute Gasteiger partial charge is 0.383 e. The summed E-state index contributed by atoms with van der Waals surface area (Å²) in [7, 11) is 3.44. The van der Waals surface area contributed by atoms with E-state index in [4.69, 9.17) is 4.74 Å². The lowest BCUT2D eigenvalue weighted by molar-refractivity contribution is 0.183. The van der Waals surface area contributed by atoms with Crippen molar-refractivity contribution >= 4 is 23.1 Å². The Balaban J connectivity index is 1.94. The highest BCUT2D eigenvalue weighted by Crippen LogP contribution is 2.26. The highest BCUT2D eigenvalue weighted by molar-refractivity contribution is 7.12. The van der Waals surface area contributed by atoms with Gasteiger partial charge in [-0.25, -0.2) is 4.79 Å². The van der Waals surface area contributed by atoms with Gasteiger partial charge in [0.15, 0.2) is 0 Å². The molecule has 0 bridgehead atoms. The van der Waals surface area contributed by atoms with Crippen molar-refractivity contribution < 1.29 is 9.53 Å². The van der Waals surface area contributed by atoms with Gasteiger partial charge >= 0.3 is 6.03 Å². The number of amides is 2. The van der Waals surface area contributed by atoms with Crippen LogP contribution < -0.4 is 5.32 Å². The zero-order valence-corrected chi connectivity index (χ0v) is 14.2. The van der Waals surface area contributed by atoms with Crippen LogP contribution in [0.15, 0.2) is 24.5 Å². The summed E-state index contributed by atoms with van der Waals surface area (Å²) >= 11 is 1.71. The lowest BCUT2D eigenvalue weighted by atomic mass is 10.2. The van der Waals surface area contributed by atoms with E-state index in [1.54, 1.807) is 47.5 Å². The predicted octanol–water partition coefficient (Wildman–Crippen LogP) is 3.12. The van der Waals surface area contributed by atoms with E-state index < -0.39 is 0 Å². The molecule has 2 aromatic rings. The fourth-order valence-corrected chi connectivity index (χ4v) is 2.96. The van der Waals surface area contributed by atoms with E-state index in [9.17, 15) is 4.79 Å². The molecule has 120 valence electrons. The number of carbonyl (C=O) groups excluding carboxylic acids is 1. The second-order valence-corrected chi connectivity index (χ2v) is 6.47. The van der Waals surface area contributed by atoms with Gasteiger partial charge in [-0.2, -0.15) is 5.10 Å². The molecule has 0 fully saturated rings. The molecule has 0 radical (unpaired) electrons. The van der Waals surface area contributed by atoms with Crippen LogP contribution in [0.2, 0.25) is 0 Å². The summed E-state index contributed by atoms with van der Waals surface area (Å²) in [4.78, 5) is 16.4. The summed E-state index contributed by atoms with van der Waals surface area (Å²) in [6.07, 6.45) is 3.44. The lowest BCUT2D eigenvalue weighted by Gasteiger charge is -2.24. The van der Waals surface area contributed by atoms with Crippen LogP contribution in [0.4, 0.5) is 10.5 Å². The van der Waals surface area contributed by atoms with Gasteiger partial charge in [-0.3, -0.25) is 4.68 Å². The van der Waals surface area contributed by atoms with E-state index in [0.717, 1.165) is 0 Å². The van der Waals surface area contributed by atoms with Crippen LogP contribution in [0, 0.1) is 6.92 Å². The number of hydrogen-bond acceptors (Lipinski definition) is 4. The van der Waals surface area contributed by atoms with Gasteiger partial charge in [0.2, 0.25) is 0 Å². The van der Waals surface area contributed by atoms with Crippen molar-refractivity contribution in [2.75, 3.05) is 26.1 Å². The smallest absolute Gasteiger partial charge is 0.322 e. The fourth-order valence-electron chi connectivity index (χ4n) is 1.99. The van der Waals surface area contributed by atoms with Crippen LogP contribution in [0.25, 0.3) is 0 Å². The molecule has 0 aliphatic heterocycles. The molecule has 1 atom stereocenters. The Bertz CT molecular complexity index is 623. The molecule has 2 heterocycles. The Morgan fingerprint density at radius 2 is 2.32 bits per heavy atom. The van der Waals surface area contributed by atoms with Crippen molar-refractivity contribution in [1.29, 1.82) is 0 Å². The minimum atomic E-state index is -0.148. The topological polar surface area (TPSA) is 59.4 Å². The number of nitrogens with one attached hydrogen (secondary N) is 1. The maximum atomic E-state index is 12.3. The normalized spacial score (nSPS) is 12.2. The van der Waals surface area contributed by atoms with Gasteiger partial charge in [0.25, 0.3) is 0 Å². The molecule has 1 unspecified atom stereocenters. The van der Waals surface area contributed by atoms with Crippen LogP contribution in [0.3, 0.4) is 0 Å². The van der Waals surface area contributed by atoms with E-state index in [0.29, 0.717) is 18.8 Å². The lowest BCUT2D eigenvalue weighted by Crippen LogP contribution is -2.33. The average Bonchev–Trinajstić information content (AvgIpc) is 3.12. The minimum absolute atomic E-state index is 0.0298. The summed E-state index contributed by atoms with van der Waals surface area (Å²) in [5.74, 6) is 0. The fraction of sp³-hybridized carbons (Fsp3) is 0.467. The zero-order chi connectivity index (χ0) is 16.1. The maximum Gasteiger partial charge on any atom is 0.322 e. The van der Waals surface area contributed by atoms with Crippen LogP contribution in [0.5, 0.6) is 0 Å². The molecule has 2 aromatic heterocycles. The predicted molar refractivity (Wildman–Crippen MR) is 88.4 cm³/mol. The molecule has 0 spiro atoms. The highest BCUT2D eigenvalue weighted by Gasteiger charge is 2.19. The first kappa shape index (κ1) is 16.5. The van der Waals surface area contributed by atoms with Gasteiger partial charge in [-0.1, -0.05) is 0 Å². The first-order valence-corrected chi connectivity index (χ1v) is 7.94. The number of nitrogens with zero attached hydrogens (tertiary/aromatic N) is 3. The number of thiophene rings is 1. The second kappa shape index (κ2) is 7.42. The van der Waals surface area contributed by atoms with Crippen LogP contribution in [0.1, 0.15) is 22.7 Å². The molecule has 6 nitrogen and oxygen atoms in total. The van der Waals surface area contributed by atoms with Crippen molar-refractivity contribution in [2.24, 2.45) is 0 Å². The zero-order valence-electron chi connectivity index (χ0n) is 13.4. The van der Waals surface area contributed by atoms with Crippen LogP contribution in [-0.2, 0) is 11.3 Å². The highest BCUT2D eigenvalue weighted by atomic mass is 32.1. The summed E-state index contributed by atoms with van der Waals surface area (Å²) in [6, 6.07) is 4.02. The number of urea groups is 1. The summed E-state index contributed by atoms with van der Waals surface area (Å²) < 4.78 is 6.74. The van der Waals surface area contributed by atoms with E-state index in [1.165, 1.54) is 9.75 Å². The first-order chi connectivity index (χ1) is 10.5. The van der Waals surface area contributed by atoms with Gasteiger partial charge in [0.05, 0.1) is 31.1 Å². The molecular formula is C15H22N4O2S. The van der Waals surface area contributed by atoms with Crippen LogP contribution >= 0.6 is 11.3 Å². The van der Waals surface area contributed by atoms with Gasteiger partial charge in [0.1, 0.15) is 0 Å². The molecular weight excluding hydrogens is 300 g/mol. The number of methoxy groups -OCH3 is 1. The molecule has 0 saturated heterocycles. The summed E-state index contributed by atoms with van der Waals surface area (Å²) in [5.41, 5.74) is 0.683. The number of aryl methyl sites for hydroxylation is 1. The maximum absolute atomic E-state index is 12.3. The Morgan fingerprint density at radius 1 is 1.55 bits per heavy atom. The second-order valence-electron chi connectivity index (χ2n) is 5.15. The molecule has 2 rings (SSSR count). The van der Waals surface area contributed by atoms with E-state index in [2.05, 4.69) is 29.5 Å². The Kier molecular flexibility index (Phi) is 5.57.